The fourth-order valence-corrected chi connectivity index (χ4v) is 3.94. The van der Waals surface area contributed by atoms with Crippen molar-refractivity contribution in [2.45, 2.75) is 20.5 Å². The maximum atomic E-state index is 14.7. The third kappa shape index (κ3) is 5.72. The van der Waals surface area contributed by atoms with E-state index in [0.717, 1.165) is 22.3 Å². The molecule has 4 heteroatoms. The number of hydrogen-bond acceptors (Lipinski definition) is 3. The van der Waals surface area contributed by atoms with Gasteiger partial charge in [-0.2, -0.15) is 0 Å². The van der Waals surface area contributed by atoms with Crippen molar-refractivity contribution < 1.29 is 18.6 Å². The molecule has 0 aliphatic carbocycles. The molecule has 0 fully saturated rings. The second kappa shape index (κ2) is 11.4. The van der Waals surface area contributed by atoms with E-state index in [0.29, 0.717) is 41.6 Å². The van der Waals surface area contributed by atoms with Crippen LogP contribution in [0.25, 0.3) is 5.57 Å². The lowest BCUT2D eigenvalue weighted by Gasteiger charge is -2.25. The average Bonchev–Trinajstić information content (AvgIpc) is 2.89. The SMILES string of the molecule is C\C=C/C=C\C=C\C1=C(c2cc(F)c(C)cc2OC)c2ccc(OCc3ccccc3)cc2OC1. The van der Waals surface area contributed by atoms with E-state index in [2.05, 4.69) is 0 Å². The maximum Gasteiger partial charge on any atom is 0.131 e. The second-order valence-electron chi connectivity index (χ2n) is 8.19. The normalized spacial score (nSPS) is 13.5. The van der Waals surface area contributed by atoms with Gasteiger partial charge in [-0.25, -0.2) is 4.39 Å². The van der Waals surface area contributed by atoms with Crippen LogP contribution in [0.15, 0.2) is 103 Å². The highest BCUT2D eigenvalue weighted by Crippen LogP contribution is 2.43. The molecule has 3 aromatic carbocycles. The molecule has 0 saturated carbocycles. The zero-order valence-corrected chi connectivity index (χ0v) is 20.3. The molecule has 0 saturated heterocycles. The molecule has 1 aliphatic rings. The van der Waals surface area contributed by atoms with Crippen molar-refractivity contribution in [1.82, 2.24) is 0 Å². The van der Waals surface area contributed by atoms with Crippen LogP contribution in [-0.4, -0.2) is 13.7 Å². The van der Waals surface area contributed by atoms with Crippen LogP contribution in [0.5, 0.6) is 17.2 Å². The molecular formula is C31H29FO3. The predicted octanol–water partition coefficient (Wildman–Crippen LogP) is 7.60. The summed E-state index contributed by atoms with van der Waals surface area (Å²) in [4.78, 5) is 0. The highest BCUT2D eigenvalue weighted by molar-refractivity contribution is 5.90. The minimum Gasteiger partial charge on any atom is -0.496 e. The molecule has 4 rings (SSSR count). The number of fused-ring (bicyclic) bond motifs is 1. The Balaban J connectivity index is 1.75. The van der Waals surface area contributed by atoms with Crippen LogP contribution in [0, 0.1) is 12.7 Å². The summed E-state index contributed by atoms with van der Waals surface area (Å²) >= 11 is 0. The third-order valence-corrected chi connectivity index (χ3v) is 5.75. The Morgan fingerprint density at radius 2 is 1.74 bits per heavy atom. The number of allylic oxidation sites excluding steroid dienone is 5. The van der Waals surface area contributed by atoms with Gasteiger partial charge in [-0.3, -0.25) is 0 Å². The van der Waals surface area contributed by atoms with Gasteiger partial charge in [0.25, 0.3) is 0 Å². The fourth-order valence-electron chi connectivity index (χ4n) is 3.94. The first-order valence-corrected chi connectivity index (χ1v) is 11.6. The van der Waals surface area contributed by atoms with Gasteiger partial charge in [-0.1, -0.05) is 66.8 Å². The smallest absolute Gasteiger partial charge is 0.131 e. The van der Waals surface area contributed by atoms with Crippen LogP contribution < -0.4 is 14.2 Å². The number of benzene rings is 3. The van der Waals surface area contributed by atoms with Crippen molar-refractivity contribution in [3.05, 3.63) is 131 Å². The number of methoxy groups -OCH3 is 1. The highest BCUT2D eigenvalue weighted by atomic mass is 19.1. The van der Waals surface area contributed by atoms with Gasteiger partial charge >= 0.3 is 0 Å². The van der Waals surface area contributed by atoms with E-state index in [1.807, 2.05) is 91.9 Å². The maximum absolute atomic E-state index is 14.7. The Hall–Kier alpha value is -4.05. The van der Waals surface area contributed by atoms with Gasteiger partial charge in [-0.15, -0.1) is 0 Å². The van der Waals surface area contributed by atoms with Gasteiger partial charge in [0.1, 0.15) is 36.3 Å². The number of rotatable bonds is 8. The Kier molecular flexibility index (Phi) is 7.84. The number of halogens is 1. The lowest BCUT2D eigenvalue weighted by molar-refractivity contribution is 0.300. The molecule has 0 spiro atoms. The molecule has 3 nitrogen and oxygen atoms in total. The van der Waals surface area contributed by atoms with E-state index in [9.17, 15) is 4.39 Å². The lowest BCUT2D eigenvalue weighted by atomic mass is 9.89. The van der Waals surface area contributed by atoms with E-state index < -0.39 is 0 Å². The van der Waals surface area contributed by atoms with Crippen LogP contribution in [0.1, 0.15) is 29.2 Å². The first kappa shape index (κ1) is 24.1. The largest absolute Gasteiger partial charge is 0.496 e. The Bertz CT molecular complexity index is 1300. The molecule has 35 heavy (non-hydrogen) atoms. The summed E-state index contributed by atoms with van der Waals surface area (Å²) in [7, 11) is 1.60. The van der Waals surface area contributed by atoms with Gasteiger partial charge in [0.15, 0.2) is 0 Å². The molecule has 3 aromatic rings. The zero-order valence-electron chi connectivity index (χ0n) is 20.3. The van der Waals surface area contributed by atoms with Crippen LogP contribution >= 0.6 is 0 Å². The number of ether oxygens (including phenoxy) is 3. The molecule has 0 aromatic heterocycles. The molecule has 0 amide bonds. The van der Waals surface area contributed by atoms with Gasteiger partial charge in [-0.05, 0) is 54.8 Å². The molecule has 0 bridgehead atoms. The lowest BCUT2D eigenvalue weighted by Crippen LogP contribution is -2.12. The van der Waals surface area contributed by atoms with Crippen molar-refractivity contribution in [2.24, 2.45) is 0 Å². The van der Waals surface area contributed by atoms with Crippen molar-refractivity contribution in [1.29, 1.82) is 0 Å². The summed E-state index contributed by atoms with van der Waals surface area (Å²) < 4.78 is 32.5. The highest BCUT2D eigenvalue weighted by Gasteiger charge is 2.24. The molecule has 0 radical (unpaired) electrons. The van der Waals surface area contributed by atoms with Crippen LogP contribution in [0.3, 0.4) is 0 Å². The van der Waals surface area contributed by atoms with Crippen LogP contribution in [0.2, 0.25) is 0 Å². The third-order valence-electron chi connectivity index (χ3n) is 5.75. The van der Waals surface area contributed by atoms with Crippen molar-refractivity contribution in [3.63, 3.8) is 0 Å². The summed E-state index contributed by atoms with van der Waals surface area (Å²) in [6, 6.07) is 19.1. The number of aryl methyl sites for hydroxylation is 1. The van der Waals surface area contributed by atoms with E-state index in [1.54, 1.807) is 26.2 Å². The average molecular weight is 469 g/mol. The van der Waals surface area contributed by atoms with Crippen molar-refractivity contribution in [2.75, 3.05) is 13.7 Å². The minimum absolute atomic E-state index is 0.277. The van der Waals surface area contributed by atoms with Crippen LogP contribution in [-0.2, 0) is 6.61 Å². The first-order valence-electron chi connectivity index (χ1n) is 11.6. The van der Waals surface area contributed by atoms with Gasteiger partial charge in [0.05, 0.1) is 7.11 Å². The van der Waals surface area contributed by atoms with E-state index in [-0.39, 0.29) is 5.82 Å². The molecule has 178 valence electrons. The molecule has 0 N–H and O–H groups in total. The summed E-state index contributed by atoms with van der Waals surface area (Å²) in [6.07, 6.45) is 11.8. The van der Waals surface area contributed by atoms with Crippen molar-refractivity contribution >= 4 is 5.57 Å². The molecule has 0 unspecified atom stereocenters. The number of hydrogen-bond donors (Lipinski definition) is 0. The predicted molar refractivity (Wildman–Crippen MR) is 140 cm³/mol. The zero-order chi connectivity index (χ0) is 24.6. The Morgan fingerprint density at radius 3 is 2.51 bits per heavy atom. The van der Waals surface area contributed by atoms with Gasteiger partial charge in [0.2, 0.25) is 0 Å². The Morgan fingerprint density at radius 1 is 0.943 bits per heavy atom. The fraction of sp³-hybridized carbons (Fsp3) is 0.161. The molecule has 1 aliphatic heterocycles. The second-order valence-corrected chi connectivity index (χ2v) is 8.19. The summed E-state index contributed by atoms with van der Waals surface area (Å²) in [5.74, 6) is 1.74. The van der Waals surface area contributed by atoms with Gasteiger partial charge in [0, 0.05) is 22.8 Å². The topological polar surface area (TPSA) is 27.7 Å². The Labute approximate surface area is 206 Å². The van der Waals surface area contributed by atoms with Crippen molar-refractivity contribution in [3.8, 4) is 17.2 Å². The van der Waals surface area contributed by atoms with E-state index in [1.165, 1.54) is 0 Å². The van der Waals surface area contributed by atoms with Gasteiger partial charge < -0.3 is 14.2 Å². The molecular weight excluding hydrogens is 439 g/mol. The molecule has 1 heterocycles. The summed E-state index contributed by atoms with van der Waals surface area (Å²) in [6.45, 7) is 4.51. The van der Waals surface area contributed by atoms with E-state index >= 15 is 0 Å². The van der Waals surface area contributed by atoms with Crippen LogP contribution in [0.4, 0.5) is 4.39 Å². The quantitative estimate of drug-likeness (QED) is 0.319. The first-order chi connectivity index (χ1) is 17.1. The summed E-state index contributed by atoms with van der Waals surface area (Å²) in [5, 5.41) is 0. The summed E-state index contributed by atoms with van der Waals surface area (Å²) in [5.41, 5.74) is 4.99. The minimum atomic E-state index is -0.277. The van der Waals surface area contributed by atoms with E-state index in [4.69, 9.17) is 14.2 Å². The standard InChI is InChI=1S/C31H29FO3/c1-4-5-6-7-11-14-24-21-35-30-18-25(34-20-23-12-9-8-10-13-23)15-16-26(30)31(24)27-19-28(32)22(2)17-29(27)33-3/h4-19H,20-21H2,1-3H3/b5-4-,7-6-,14-11+. The monoisotopic (exact) mass is 468 g/mol. The molecule has 0 atom stereocenters.